The minimum atomic E-state index is 0.325. The summed E-state index contributed by atoms with van der Waals surface area (Å²) in [7, 11) is 1.74. The Bertz CT molecular complexity index is 932. The van der Waals surface area contributed by atoms with Crippen LogP contribution in [0.4, 0.5) is 17.1 Å². The summed E-state index contributed by atoms with van der Waals surface area (Å²) in [6, 6.07) is 26.2. The Labute approximate surface area is 185 Å². The van der Waals surface area contributed by atoms with Crippen molar-refractivity contribution in [1.29, 1.82) is 0 Å². The third-order valence-corrected chi connectivity index (χ3v) is 5.52. The highest BCUT2D eigenvalue weighted by atomic mass is 16.6. The van der Waals surface area contributed by atoms with Crippen LogP contribution in [-0.4, -0.2) is 39.6 Å². The number of rotatable bonds is 11. The summed E-state index contributed by atoms with van der Waals surface area (Å²) in [5, 5.41) is 0. The van der Waals surface area contributed by atoms with E-state index in [1.807, 2.05) is 0 Å². The molecule has 1 aliphatic heterocycles. The highest BCUT2D eigenvalue weighted by molar-refractivity contribution is 5.76. The zero-order chi connectivity index (χ0) is 21.5. The van der Waals surface area contributed by atoms with Crippen LogP contribution in [0.5, 0.6) is 0 Å². The number of hydrogen-bond donors (Lipinski definition) is 0. The summed E-state index contributed by atoms with van der Waals surface area (Å²) in [6.45, 7) is 5.13. The third kappa shape index (κ3) is 6.17. The van der Waals surface area contributed by atoms with Gasteiger partial charge in [0, 0.05) is 24.2 Å². The fourth-order valence-corrected chi connectivity index (χ4v) is 3.55. The summed E-state index contributed by atoms with van der Waals surface area (Å²) < 4.78 is 16.1. The molecule has 0 spiro atoms. The normalized spacial score (nSPS) is 15.1. The molecule has 0 N–H and O–H groups in total. The second kappa shape index (κ2) is 10.6. The van der Waals surface area contributed by atoms with E-state index in [2.05, 4.69) is 84.6 Å². The average Bonchev–Trinajstić information content (AvgIpc) is 3.63. The lowest BCUT2D eigenvalue weighted by Gasteiger charge is -2.26. The van der Waals surface area contributed by atoms with E-state index in [0.717, 1.165) is 49.7 Å². The Hall–Kier alpha value is -2.66. The van der Waals surface area contributed by atoms with Gasteiger partial charge in [0.1, 0.15) is 6.10 Å². The number of nitrogens with zero attached hydrogens (tertiary/aromatic N) is 1. The minimum absolute atomic E-state index is 0.325. The quantitative estimate of drug-likeness (QED) is 0.300. The SMILES string of the molecule is COCCc1ccc(N(c2ccc(C)cc2)c2ccc(CCOCC3CO3)cc2)cc1. The standard InChI is InChI=1S/C27H31NO3/c1-21-3-9-24(10-4-21)28(25-11-5-22(6-12-25)15-17-29-2)26-13-7-23(8-14-26)16-18-30-19-27-20-31-27/h3-14,27H,15-20H2,1-2H3. The van der Waals surface area contributed by atoms with Gasteiger partial charge in [-0.2, -0.15) is 0 Å². The number of methoxy groups -OCH3 is 1. The molecule has 1 atom stereocenters. The molecule has 1 saturated heterocycles. The first-order chi connectivity index (χ1) is 15.2. The zero-order valence-electron chi connectivity index (χ0n) is 18.4. The molecule has 1 unspecified atom stereocenters. The Morgan fingerprint density at radius 2 is 1.26 bits per heavy atom. The van der Waals surface area contributed by atoms with E-state index in [1.165, 1.54) is 16.7 Å². The smallest absolute Gasteiger partial charge is 0.104 e. The van der Waals surface area contributed by atoms with Crippen molar-refractivity contribution in [3.8, 4) is 0 Å². The number of anilines is 3. The number of benzene rings is 3. The molecule has 0 aromatic heterocycles. The Morgan fingerprint density at radius 3 is 1.74 bits per heavy atom. The molecule has 4 heteroatoms. The van der Waals surface area contributed by atoms with Gasteiger partial charge in [0.15, 0.2) is 0 Å². The van der Waals surface area contributed by atoms with Crippen LogP contribution < -0.4 is 4.90 Å². The fraction of sp³-hybridized carbons (Fsp3) is 0.333. The largest absolute Gasteiger partial charge is 0.384 e. The van der Waals surface area contributed by atoms with Crippen LogP contribution in [0.25, 0.3) is 0 Å². The maximum atomic E-state index is 5.68. The summed E-state index contributed by atoms with van der Waals surface area (Å²) in [6.07, 6.45) is 2.16. The molecule has 1 fully saturated rings. The van der Waals surface area contributed by atoms with Crippen LogP contribution >= 0.6 is 0 Å². The van der Waals surface area contributed by atoms with Crippen LogP contribution in [0, 0.1) is 6.92 Å². The predicted molar refractivity (Wildman–Crippen MR) is 126 cm³/mol. The second-order valence-electron chi connectivity index (χ2n) is 8.03. The molecule has 0 aliphatic carbocycles. The van der Waals surface area contributed by atoms with Crippen molar-refractivity contribution in [1.82, 2.24) is 0 Å². The van der Waals surface area contributed by atoms with Gasteiger partial charge in [-0.3, -0.25) is 0 Å². The average molecular weight is 418 g/mol. The van der Waals surface area contributed by atoms with E-state index in [1.54, 1.807) is 7.11 Å². The Kier molecular flexibility index (Phi) is 7.36. The van der Waals surface area contributed by atoms with Crippen LogP contribution in [0.15, 0.2) is 72.8 Å². The molecule has 0 radical (unpaired) electrons. The topological polar surface area (TPSA) is 34.2 Å². The van der Waals surface area contributed by atoms with E-state index in [0.29, 0.717) is 12.7 Å². The number of ether oxygens (including phenoxy) is 3. The van der Waals surface area contributed by atoms with Crippen LogP contribution in [-0.2, 0) is 27.1 Å². The van der Waals surface area contributed by atoms with Gasteiger partial charge in [-0.1, -0.05) is 42.0 Å². The monoisotopic (exact) mass is 417 g/mol. The molecule has 4 rings (SSSR count). The van der Waals surface area contributed by atoms with Gasteiger partial charge in [-0.05, 0) is 67.3 Å². The van der Waals surface area contributed by atoms with Gasteiger partial charge in [0.25, 0.3) is 0 Å². The van der Waals surface area contributed by atoms with Gasteiger partial charge < -0.3 is 19.1 Å². The molecule has 0 amide bonds. The summed E-state index contributed by atoms with van der Waals surface area (Å²) >= 11 is 0. The zero-order valence-corrected chi connectivity index (χ0v) is 18.4. The van der Waals surface area contributed by atoms with E-state index in [-0.39, 0.29) is 0 Å². The molecule has 0 bridgehead atoms. The molecular weight excluding hydrogens is 386 g/mol. The summed E-state index contributed by atoms with van der Waals surface area (Å²) in [5.41, 5.74) is 7.25. The first-order valence-corrected chi connectivity index (χ1v) is 11.0. The summed E-state index contributed by atoms with van der Waals surface area (Å²) in [5.74, 6) is 0. The molecule has 3 aromatic carbocycles. The van der Waals surface area contributed by atoms with Gasteiger partial charge in [-0.15, -0.1) is 0 Å². The van der Waals surface area contributed by atoms with Crippen LogP contribution in [0.1, 0.15) is 16.7 Å². The van der Waals surface area contributed by atoms with E-state index in [9.17, 15) is 0 Å². The van der Waals surface area contributed by atoms with Crippen LogP contribution in [0.2, 0.25) is 0 Å². The van der Waals surface area contributed by atoms with E-state index in [4.69, 9.17) is 14.2 Å². The summed E-state index contributed by atoms with van der Waals surface area (Å²) in [4.78, 5) is 2.30. The highest BCUT2D eigenvalue weighted by Crippen LogP contribution is 2.34. The van der Waals surface area contributed by atoms with E-state index >= 15 is 0 Å². The van der Waals surface area contributed by atoms with Crippen molar-refractivity contribution >= 4 is 17.1 Å². The molecule has 3 aromatic rings. The number of epoxide rings is 1. The van der Waals surface area contributed by atoms with Crippen molar-refractivity contribution in [2.75, 3.05) is 38.4 Å². The van der Waals surface area contributed by atoms with E-state index < -0.39 is 0 Å². The molecule has 31 heavy (non-hydrogen) atoms. The van der Waals surface area contributed by atoms with Gasteiger partial charge in [0.05, 0.1) is 26.4 Å². The Balaban J connectivity index is 1.51. The van der Waals surface area contributed by atoms with Crippen molar-refractivity contribution in [3.63, 3.8) is 0 Å². The van der Waals surface area contributed by atoms with Gasteiger partial charge in [-0.25, -0.2) is 0 Å². The van der Waals surface area contributed by atoms with Gasteiger partial charge >= 0.3 is 0 Å². The maximum absolute atomic E-state index is 5.68. The van der Waals surface area contributed by atoms with Crippen molar-refractivity contribution in [3.05, 3.63) is 89.5 Å². The lowest BCUT2D eigenvalue weighted by atomic mass is 10.1. The highest BCUT2D eigenvalue weighted by Gasteiger charge is 2.22. The number of aryl methyl sites for hydroxylation is 1. The molecule has 162 valence electrons. The van der Waals surface area contributed by atoms with Crippen LogP contribution in [0.3, 0.4) is 0 Å². The maximum Gasteiger partial charge on any atom is 0.104 e. The first kappa shape index (κ1) is 21.6. The Morgan fingerprint density at radius 1 is 0.774 bits per heavy atom. The third-order valence-electron chi connectivity index (χ3n) is 5.52. The molecule has 1 heterocycles. The molecule has 1 aliphatic rings. The van der Waals surface area contributed by atoms with Crippen molar-refractivity contribution < 1.29 is 14.2 Å². The second-order valence-corrected chi connectivity index (χ2v) is 8.03. The lowest BCUT2D eigenvalue weighted by Crippen LogP contribution is -2.10. The van der Waals surface area contributed by atoms with Crippen molar-refractivity contribution in [2.24, 2.45) is 0 Å². The minimum Gasteiger partial charge on any atom is -0.384 e. The molecular formula is C27H31NO3. The van der Waals surface area contributed by atoms with Crippen molar-refractivity contribution in [2.45, 2.75) is 25.9 Å². The van der Waals surface area contributed by atoms with Gasteiger partial charge in [0.2, 0.25) is 0 Å². The lowest BCUT2D eigenvalue weighted by molar-refractivity contribution is 0.119. The fourth-order valence-electron chi connectivity index (χ4n) is 3.55. The first-order valence-electron chi connectivity index (χ1n) is 11.0. The molecule has 0 saturated carbocycles. The predicted octanol–water partition coefficient (Wildman–Crippen LogP) is 5.61. The number of hydrogen-bond acceptors (Lipinski definition) is 4. The molecule has 4 nitrogen and oxygen atoms in total.